The van der Waals surface area contributed by atoms with Crippen LogP contribution in [0.15, 0.2) is 12.1 Å². The Hall–Kier alpha value is -0.720. The summed E-state index contributed by atoms with van der Waals surface area (Å²) in [5.41, 5.74) is 2.47. The molecule has 2 rings (SSSR count). The van der Waals surface area contributed by atoms with Crippen LogP contribution in [0.5, 0.6) is 0 Å². The minimum absolute atomic E-state index is 0.0559. The average molecular weight is 369 g/mol. The molecule has 20 heavy (non-hydrogen) atoms. The van der Waals surface area contributed by atoms with Gasteiger partial charge in [0.15, 0.2) is 0 Å². The van der Waals surface area contributed by atoms with Crippen molar-refractivity contribution in [2.24, 2.45) is 0 Å². The molecule has 0 radical (unpaired) electrons. The van der Waals surface area contributed by atoms with E-state index >= 15 is 0 Å². The standard InChI is InChI=1S/C13H13BrClF2NO2/c14-9(1-2-20-6-12(16)17)8-3-7-4-13(19)18-11(7)5-10(8)15/h3,5,9,12H,1-2,4,6H2,(H,18,19). The largest absolute Gasteiger partial charge is 0.375 e. The summed E-state index contributed by atoms with van der Waals surface area (Å²) in [7, 11) is 0. The second-order valence-corrected chi connectivity index (χ2v) is 5.99. The first-order valence-corrected chi connectivity index (χ1v) is 7.39. The average Bonchev–Trinajstić information content (AvgIpc) is 2.72. The topological polar surface area (TPSA) is 38.3 Å². The number of halogens is 4. The van der Waals surface area contributed by atoms with E-state index in [0.717, 1.165) is 16.8 Å². The van der Waals surface area contributed by atoms with Crippen molar-refractivity contribution >= 4 is 39.1 Å². The molecule has 110 valence electrons. The summed E-state index contributed by atoms with van der Waals surface area (Å²) in [5, 5.41) is 3.25. The van der Waals surface area contributed by atoms with E-state index in [9.17, 15) is 13.6 Å². The number of rotatable bonds is 6. The monoisotopic (exact) mass is 367 g/mol. The second-order valence-electron chi connectivity index (χ2n) is 4.48. The SMILES string of the molecule is O=C1Cc2cc(C(Br)CCOCC(F)F)c(Cl)cc2N1. The Bertz CT molecular complexity index is 513. The lowest BCUT2D eigenvalue weighted by atomic mass is 10.0. The van der Waals surface area contributed by atoms with Crippen molar-refractivity contribution in [2.75, 3.05) is 18.5 Å². The molecule has 1 unspecified atom stereocenters. The maximum Gasteiger partial charge on any atom is 0.261 e. The molecule has 0 spiro atoms. The molecule has 1 atom stereocenters. The van der Waals surface area contributed by atoms with Gasteiger partial charge in [0, 0.05) is 22.1 Å². The minimum atomic E-state index is -2.45. The molecule has 0 aromatic heterocycles. The van der Waals surface area contributed by atoms with E-state index in [-0.39, 0.29) is 17.3 Å². The van der Waals surface area contributed by atoms with Crippen molar-refractivity contribution < 1.29 is 18.3 Å². The highest BCUT2D eigenvalue weighted by atomic mass is 79.9. The predicted octanol–water partition coefficient (Wildman–Crippen LogP) is 3.94. The number of amides is 1. The smallest absolute Gasteiger partial charge is 0.261 e. The fourth-order valence-electron chi connectivity index (χ4n) is 2.02. The van der Waals surface area contributed by atoms with E-state index in [4.69, 9.17) is 16.3 Å². The summed E-state index contributed by atoms with van der Waals surface area (Å²) >= 11 is 9.64. The van der Waals surface area contributed by atoms with E-state index in [0.29, 0.717) is 17.9 Å². The number of ether oxygens (including phenoxy) is 1. The van der Waals surface area contributed by atoms with Gasteiger partial charge in [0.1, 0.15) is 6.61 Å². The van der Waals surface area contributed by atoms with Crippen molar-refractivity contribution in [2.45, 2.75) is 24.1 Å². The molecule has 1 amide bonds. The number of alkyl halides is 3. The lowest BCUT2D eigenvalue weighted by Gasteiger charge is -2.14. The fraction of sp³-hybridized carbons (Fsp3) is 0.462. The zero-order valence-electron chi connectivity index (χ0n) is 10.5. The maximum absolute atomic E-state index is 11.9. The van der Waals surface area contributed by atoms with Gasteiger partial charge < -0.3 is 10.1 Å². The maximum atomic E-state index is 11.9. The van der Waals surface area contributed by atoms with Gasteiger partial charge in [-0.3, -0.25) is 4.79 Å². The molecule has 0 fully saturated rings. The first kappa shape index (κ1) is 15.7. The number of benzene rings is 1. The summed E-state index contributed by atoms with van der Waals surface area (Å²) in [6.45, 7) is -0.346. The normalized spacial score (nSPS) is 15.3. The first-order chi connectivity index (χ1) is 9.47. The van der Waals surface area contributed by atoms with Crippen LogP contribution >= 0.6 is 27.5 Å². The van der Waals surface area contributed by atoms with Crippen LogP contribution in [0.3, 0.4) is 0 Å². The van der Waals surface area contributed by atoms with Gasteiger partial charge in [-0.2, -0.15) is 0 Å². The molecule has 0 bridgehead atoms. The molecule has 1 aromatic carbocycles. The molecule has 7 heteroatoms. The molecule has 1 aliphatic heterocycles. The molecule has 0 aliphatic carbocycles. The summed E-state index contributed by atoms with van der Waals surface area (Å²) < 4.78 is 28.7. The Morgan fingerprint density at radius 3 is 2.90 bits per heavy atom. The van der Waals surface area contributed by atoms with Crippen molar-refractivity contribution in [3.63, 3.8) is 0 Å². The fourth-order valence-corrected chi connectivity index (χ4v) is 3.01. The van der Waals surface area contributed by atoms with E-state index in [2.05, 4.69) is 21.2 Å². The van der Waals surface area contributed by atoms with Gasteiger partial charge >= 0.3 is 0 Å². The molecule has 0 saturated carbocycles. The van der Waals surface area contributed by atoms with E-state index in [1.54, 1.807) is 6.07 Å². The van der Waals surface area contributed by atoms with Crippen LogP contribution in [0.4, 0.5) is 14.5 Å². The lowest BCUT2D eigenvalue weighted by molar-refractivity contribution is -0.115. The highest BCUT2D eigenvalue weighted by Gasteiger charge is 2.21. The van der Waals surface area contributed by atoms with Crippen LogP contribution < -0.4 is 5.32 Å². The van der Waals surface area contributed by atoms with Crippen LogP contribution in [0, 0.1) is 0 Å². The summed E-state index contributed by atoms with van der Waals surface area (Å²) in [6.07, 6.45) is -1.60. The van der Waals surface area contributed by atoms with Crippen LogP contribution in [0.25, 0.3) is 0 Å². The molecule has 1 aromatic rings. The van der Waals surface area contributed by atoms with Crippen LogP contribution in [-0.2, 0) is 16.0 Å². The minimum Gasteiger partial charge on any atom is -0.375 e. The first-order valence-electron chi connectivity index (χ1n) is 6.09. The Balaban J connectivity index is 1.98. The predicted molar refractivity (Wildman–Crippen MR) is 76.9 cm³/mol. The third-order valence-electron chi connectivity index (χ3n) is 2.94. The van der Waals surface area contributed by atoms with E-state index in [1.165, 1.54) is 0 Å². The van der Waals surface area contributed by atoms with Crippen molar-refractivity contribution in [1.29, 1.82) is 0 Å². The Morgan fingerprint density at radius 1 is 1.45 bits per heavy atom. The Morgan fingerprint density at radius 2 is 2.20 bits per heavy atom. The Kier molecular flexibility index (Phi) is 5.35. The van der Waals surface area contributed by atoms with Gasteiger partial charge in [-0.25, -0.2) is 8.78 Å². The number of carbonyl (C=O) groups is 1. The number of hydrogen-bond acceptors (Lipinski definition) is 2. The number of nitrogens with one attached hydrogen (secondary N) is 1. The molecular weight excluding hydrogens is 356 g/mol. The number of carbonyl (C=O) groups excluding carboxylic acids is 1. The van der Waals surface area contributed by atoms with Gasteiger partial charge in [0.2, 0.25) is 5.91 Å². The number of anilines is 1. The zero-order valence-corrected chi connectivity index (χ0v) is 12.8. The van der Waals surface area contributed by atoms with Gasteiger partial charge in [-0.1, -0.05) is 33.6 Å². The van der Waals surface area contributed by atoms with Gasteiger partial charge in [0.25, 0.3) is 6.43 Å². The molecule has 3 nitrogen and oxygen atoms in total. The molecule has 1 N–H and O–H groups in total. The third-order valence-corrected chi connectivity index (χ3v) is 4.22. The summed E-state index contributed by atoms with van der Waals surface area (Å²) in [5.74, 6) is -0.0559. The van der Waals surface area contributed by atoms with Crippen molar-refractivity contribution in [3.8, 4) is 0 Å². The van der Waals surface area contributed by atoms with Gasteiger partial charge in [0.05, 0.1) is 6.42 Å². The summed E-state index contributed by atoms with van der Waals surface area (Å²) in [4.78, 5) is 11.2. The molecule has 0 saturated heterocycles. The third kappa shape index (κ3) is 3.90. The van der Waals surface area contributed by atoms with E-state index < -0.39 is 13.0 Å². The summed E-state index contributed by atoms with van der Waals surface area (Å²) in [6, 6.07) is 3.58. The Labute approximate surface area is 128 Å². The highest BCUT2D eigenvalue weighted by molar-refractivity contribution is 9.09. The molecule has 1 heterocycles. The zero-order chi connectivity index (χ0) is 14.7. The number of fused-ring (bicyclic) bond motifs is 1. The molecular formula is C13H13BrClF2NO2. The molecule has 1 aliphatic rings. The lowest BCUT2D eigenvalue weighted by Crippen LogP contribution is -2.07. The van der Waals surface area contributed by atoms with Gasteiger partial charge in [-0.15, -0.1) is 0 Å². The van der Waals surface area contributed by atoms with Crippen molar-refractivity contribution in [3.05, 3.63) is 28.3 Å². The quantitative estimate of drug-likeness (QED) is 0.610. The van der Waals surface area contributed by atoms with E-state index in [1.807, 2.05) is 6.07 Å². The van der Waals surface area contributed by atoms with Crippen LogP contribution in [0.2, 0.25) is 5.02 Å². The highest BCUT2D eigenvalue weighted by Crippen LogP contribution is 2.37. The second kappa shape index (κ2) is 6.83. The van der Waals surface area contributed by atoms with Crippen LogP contribution in [0.1, 0.15) is 22.4 Å². The van der Waals surface area contributed by atoms with Crippen molar-refractivity contribution in [1.82, 2.24) is 0 Å². The van der Waals surface area contributed by atoms with Gasteiger partial charge in [-0.05, 0) is 23.6 Å². The van der Waals surface area contributed by atoms with Crippen LogP contribution in [-0.4, -0.2) is 25.5 Å². The number of hydrogen-bond donors (Lipinski definition) is 1.